The topological polar surface area (TPSA) is 42.3 Å². The monoisotopic (exact) mass is 422 g/mol. The summed E-state index contributed by atoms with van der Waals surface area (Å²) < 4.78 is 2.72. The number of halogens is 1. The predicted octanol–water partition coefficient (Wildman–Crippen LogP) is 5.04. The summed E-state index contributed by atoms with van der Waals surface area (Å²) in [5.74, 6) is -0.131. The van der Waals surface area contributed by atoms with Crippen LogP contribution in [0.25, 0.3) is 10.1 Å². The number of thiophene rings is 1. The number of aromatic nitrogens is 1. The van der Waals surface area contributed by atoms with Crippen molar-refractivity contribution in [3.05, 3.63) is 104 Å². The van der Waals surface area contributed by atoms with Crippen LogP contribution in [-0.2, 0) is 13.1 Å². The largest absolute Gasteiger partial charge is 0.337 e. The lowest BCUT2D eigenvalue weighted by atomic mass is 10.1. The van der Waals surface area contributed by atoms with Gasteiger partial charge in [0, 0.05) is 35.6 Å². The highest BCUT2D eigenvalue weighted by atomic mass is 35.5. The number of hydrogen-bond acceptors (Lipinski definition) is 3. The molecular weight excluding hydrogens is 404 g/mol. The van der Waals surface area contributed by atoms with E-state index < -0.39 is 0 Å². The lowest BCUT2D eigenvalue weighted by molar-refractivity contribution is 0.0785. The summed E-state index contributed by atoms with van der Waals surface area (Å²) in [4.78, 5) is 26.9. The van der Waals surface area contributed by atoms with Crippen LogP contribution in [0.2, 0.25) is 5.02 Å². The highest BCUT2D eigenvalue weighted by Gasteiger charge is 2.15. The Hall–Kier alpha value is -2.89. The quantitative estimate of drug-likeness (QED) is 0.452. The van der Waals surface area contributed by atoms with Gasteiger partial charge in [0.2, 0.25) is 0 Å². The second-order valence-corrected chi connectivity index (χ2v) is 8.21. The summed E-state index contributed by atoms with van der Waals surface area (Å²) in [6.45, 7) is 0.824. The smallest absolute Gasteiger partial charge is 0.255 e. The van der Waals surface area contributed by atoms with Crippen LogP contribution < -0.4 is 5.56 Å². The number of pyridine rings is 1. The van der Waals surface area contributed by atoms with Crippen LogP contribution in [0.3, 0.4) is 0 Å². The van der Waals surface area contributed by atoms with E-state index >= 15 is 0 Å². The normalized spacial score (nSPS) is 11.0. The molecule has 0 spiro atoms. The molecule has 29 heavy (non-hydrogen) atoms. The van der Waals surface area contributed by atoms with E-state index in [-0.39, 0.29) is 11.5 Å². The second-order valence-electron chi connectivity index (χ2n) is 6.89. The van der Waals surface area contributed by atoms with Crippen molar-refractivity contribution in [3.8, 4) is 0 Å². The number of carbonyl (C=O) groups excluding carboxylic acids is 1. The molecule has 0 N–H and O–H groups in total. The molecule has 4 rings (SSSR count). The van der Waals surface area contributed by atoms with Crippen LogP contribution in [0.15, 0.2) is 77.0 Å². The second kappa shape index (κ2) is 8.23. The minimum Gasteiger partial charge on any atom is -0.337 e. The Labute approximate surface area is 177 Å². The maximum atomic E-state index is 13.0. The zero-order chi connectivity index (χ0) is 20.4. The highest BCUT2D eigenvalue weighted by molar-refractivity contribution is 7.17. The molecule has 4 aromatic rings. The predicted molar refractivity (Wildman–Crippen MR) is 119 cm³/mol. The first-order valence-corrected chi connectivity index (χ1v) is 10.4. The Morgan fingerprint density at radius 2 is 1.79 bits per heavy atom. The number of amides is 1. The molecule has 2 aromatic heterocycles. The van der Waals surface area contributed by atoms with E-state index in [1.165, 1.54) is 20.7 Å². The molecule has 0 unspecified atom stereocenters. The fraction of sp³-hybridized carbons (Fsp3) is 0.130. The summed E-state index contributed by atoms with van der Waals surface area (Å²) in [6.07, 6.45) is 1.61. The average molecular weight is 423 g/mol. The third kappa shape index (κ3) is 4.11. The molecule has 0 fully saturated rings. The van der Waals surface area contributed by atoms with Crippen LogP contribution in [0.5, 0.6) is 0 Å². The summed E-state index contributed by atoms with van der Waals surface area (Å²) in [5, 5.41) is 3.85. The summed E-state index contributed by atoms with van der Waals surface area (Å²) >= 11 is 7.89. The minimum atomic E-state index is -0.173. The fourth-order valence-corrected chi connectivity index (χ4v) is 4.44. The summed E-state index contributed by atoms with van der Waals surface area (Å²) in [5.41, 5.74) is 2.25. The average Bonchev–Trinajstić information content (AvgIpc) is 3.13. The Balaban J connectivity index is 1.57. The van der Waals surface area contributed by atoms with Gasteiger partial charge >= 0.3 is 0 Å². The van der Waals surface area contributed by atoms with Gasteiger partial charge in [0.05, 0.1) is 12.1 Å². The standard InChI is InChI=1S/C23H19ClN2O2S/c1-25(12-18-15-29-21-9-5-3-7-19(18)21)23(28)17-10-11-22(27)26(14-17)13-16-6-2-4-8-20(16)24/h2-11,14-15H,12-13H2,1H3. The molecule has 0 bridgehead atoms. The van der Waals surface area contributed by atoms with Gasteiger partial charge in [0.15, 0.2) is 0 Å². The van der Waals surface area contributed by atoms with Gasteiger partial charge in [0.25, 0.3) is 11.5 Å². The van der Waals surface area contributed by atoms with Gasteiger partial charge in [0.1, 0.15) is 0 Å². The molecule has 2 heterocycles. The lowest BCUT2D eigenvalue weighted by Crippen LogP contribution is -2.28. The first kappa shape index (κ1) is 19.4. The third-order valence-electron chi connectivity index (χ3n) is 4.84. The maximum Gasteiger partial charge on any atom is 0.255 e. The number of fused-ring (bicyclic) bond motifs is 1. The molecule has 0 atom stereocenters. The van der Waals surface area contributed by atoms with Crippen LogP contribution in [0.4, 0.5) is 0 Å². The molecule has 0 aliphatic carbocycles. The summed E-state index contributed by atoms with van der Waals surface area (Å²) in [6, 6.07) is 18.6. The zero-order valence-electron chi connectivity index (χ0n) is 15.8. The molecule has 0 saturated carbocycles. The minimum absolute atomic E-state index is 0.131. The molecule has 4 nitrogen and oxygen atoms in total. The van der Waals surface area contributed by atoms with Crippen molar-refractivity contribution in [2.75, 3.05) is 7.05 Å². The molecular formula is C23H19ClN2O2S. The molecule has 6 heteroatoms. The van der Waals surface area contributed by atoms with Crippen molar-refractivity contribution in [2.24, 2.45) is 0 Å². The number of carbonyl (C=O) groups is 1. The van der Waals surface area contributed by atoms with Crippen LogP contribution >= 0.6 is 22.9 Å². The molecule has 2 aromatic carbocycles. The van der Waals surface area contributed by atoms with Gasteiger partial charge in [-0.25, -0.2) is 0 Å². The number of benzene rings is 2. The van der Waals surface area contributed by atoms with Gasteiger partial charge in [-0.1, -0.05) is 48.0 Å². The summed E-state index contributed by atoms with van der Waals surface area (Å²) in [7, 11) is 1.78. The van der Waals surface area contributed by atoms with Gasteiger partial charge in [-0.3, -0.25) is 9.59 Å². The van der Waals surface area contributed by atoms with Crippen molar-refractivity contribution in [3.63, 3.8) is 0 Å². The Bertz CT molecular complexity index is 1240. The van der Waals surface area contributed by atoms with Crippen molar-refractivity contribution in [2.45, 2.75) is 13.1 Å². The van der Waals surface area contributed by atoms with Gasteiger partial charge in [-0.2, -0.15) is 0 Å². The highest BCUT2D eigenvalue weighted by Crippen LogP contribution is 2.26. The molecule has 1 amide bonds. The Kier molecular flexibility index (Phi) is 5.51. The van der Waals surface area contributed by atoms with Crippen LogP contribution in [0, 0.1) is 0 Å². The Morgan fingerprint density at radius 3 is 2.62 bits per heavy atom. The molecule has 146 valence electrons. The van der Waals surface area contributed by atoms with Crippen molar-refractivity contribution in [1.82, 2.24) is 9.47 Å². The van der Waals surface area contributed by atoms with E-state index in [9.17, 15) is 9.59 Å². The fourth-order valence-electron chi connectivity index (χ4n) is 3.29. The van der Waals surface area contributed by atoms with Crippen LogP contribution in [-0.4, -0.2) is 22.4 Å². The van der Waals surface area contributed by atoms with Crippen molar-refractivity contribution in [1.29, 1.82) is 0 Å². The molecule has 0 aliphatic rings. The number of hydrogen-bond donors (Lipinski definition) is 0. The number of nitrogens with zero attached hydrogens (tertiary/aromatic N) is 2. The Morgan fingerprint density at radius 1 is 1.03 bits per heavy atom. The van der Waals surface area contributed by atoms with E-state index in [1.54, 1.807) is 41.6 Å². The van der Waals surface area contributed by atoms with Crippen molar-refractivity contribution < 1.29 is 4.79 Å². The van der Waals surface area contributed by atoms with E-state index in [0.29, 0.717) is 23.7 Å². The van der Waals surface area contributed by atoms with E-state index in [2.05, 4.69) is 17.5 Å². The van der Waals surface area contributed by atoms with E-state index in [0.717, 1.165) is 11.1 Å². The first-order valence-electron chi connectivity index (χ1n) is 9.17. The van der Waals surface area contributed by atoms with Crippen LogP contribution in [0.1, 0.15) is 21.5 Å². The zero-order valence-corrected chi connectivity index (χ0v) is 17.4. The SMILES string of the molecule is CN(Cc1csc2ccccc12)C(=O)c1ccc(=O)n(Cc2ccccc2Cl)c1. The number of rotatable bonds is 5. The molecule has 0 radical (unpaired) electrons. The van der Waals surface area contributed by atoms with Gasteiger partial charge in [-0.05, 0) is 40.1 Å². The van der Waals surface area contributed by atoms with Gasteiger partial charge in [-0.15, -0.1) is 11.3 Å². The molecule has 0 saturated heterocycles. The maximum absolute atomic E-state index is 13.0. The lowest BCUT2D eigenvalue weighted by Gasteiger charge is -2.18. The molecule has 0 aliphatic heterocycles. The van der Waals surface area contributed by atoms with Gasteiger partial charge < -0.3 is 9.47 Å². The van der Waals surface area contributed by atoms with Crippen molar-refractivity contribution >= 4 is 38.9 Å². The third-order valence-corrected chi connectivity index (χ3v) is 6.23. The van der Waals surface area contributed by atoms with E-state index in [4.69, 9.17) is 11.6 Å². The van der Waals surface area contributed by atoms with E-state index in [1.807, 2.05) is 30.3 Å². The first-order chi connectivity index (χ1) is 14.0.